The number of nitrogens with zero attached hydrogens (tertiary/aromatic N) is 1. The zero-order chi connectivity index (χ0) is 13.9. The van der Waals surface area contributed by atoms with Crippen LogP contribution in [0.4, 0.5) is 0 Å². The minimum absolute atomic E-state index is 0.286. The summed E-state index contributed by atoms with van der Waals surface area (Å²) in [7, 11) is 0. The van der Waals surface area contributed by atoms with Crippen molar-refractivity contribution in [2.45, 2.75) is 19.0 Å². The summed E-state index contributed by atoms with van der Waals surface area (Å²) < 4.78 is 0. The molecule has 0 aliphatic carbocycles. The van der Waals surface area contributed by atoms with Gasteiger partial charge in [-0.25, -0.2) is 0 Å². The van der Waals surface area contributed by atoms with Gasteiger partial charge in [-0.2, -0.15) is 0 Å². The number of hydrogen-bond acceptors (Lipinski definition) is 3. The molecule has 1 atom stereocenters. The number of rotatable bonds is 3. The summed E-state index contributed by atoms with van der Waals surface area (Å²) in [5.41, 5.74) is 10.00. The summed E-state index contributed by atoms with van der Waals surface area (Å²) in [6.07, 6.45) is 1.07. The summed E-state index contributed by atoms with van der Waals surface area (Å²) in [5, 5.41) is 9.36. The van der Waals surface area contributed by atoms with Crippen molar-refractivity contribution in [1.29, 1.82) is 0 Å². The average molecular weight is 268 g/mol. The van der Waals surface area contributed by atoms with Crippen LogP contribution in [-0.2, 0) is 13.0 Å². The Hall–Kier alpha value is -1.84. The zero-order valence-corrected chi connectivity index (χ0v) is 11.5. The molecule has 0 saturated carbocycles. The van der Waals surface area contributed by atoms with Gasteiger partial charge in [0, 0.05) is 25.7 Å². The van der Waals surface area contributed by atoms with E-state index in [4.69, 9.17) is 5.73 Å². The maximum absolute atomic E-state index is 9.36. The van der Waals surface area contributed by atoms with Gasteiger partial charge in [0.2, 0.25) is 0 Å². The molecule has 1 aliphatic rings. The number of aromatic hydroxyl groups is 1. The van der Waals surface area contributed by atoms with Crippen LogP contribution in [0.3, 0.4) is 0 Å². The van der Waals surface area contributed by atoms with Crippen LogP contribution in [0, 0.1) is 0 Å². The van der Waals surface area contributed by atoms with E-state index in [0.29, 0.717) is 12.3 Å². The lowest BCUT2D eigenvalue weighted by Crippen LogP contribution is -2.38. The molecule has 0 spiro atoms. The maximum atomic E-state index is 9.36. The van der Waals surface area contributed by atoms with Crippen LogP contribution < -0.4 is 5.73 Å². The Bertz CT molecular complexity index is 580. The Morgan fingerprint density at radius 3 is 2.60 bits per heavy atom. The molecular weight excluding hydrogens is 248 g/mol. The Morgan fingerprint density at radius 1 is 1.10 bits per heavy atom. The molecule has 0 amide bonds. The molecule has 3 nitrogen and oxygen atoms in total. The third-order valence-electron chi connectivity index (χ3n) is 4.07. The van der Waals surface area contributed by atoms with Crippen molar-refractivity contribution in [2.24, 2.45) is 5.73 Å². The second-order valence-corrected chi connectivity index (χ2v) is 5.34. The molecule has 20 heavy (non-hydrogen) atoms. The average Bonchev–Trinajstić information content (AvgIpc) is 2.49. The van der Waals surface area contributed by atoms with Gasteiger partial charge in [-0.3, -0.25) is 4.90 Å². The molecule has 0 bridgehead atoms. The minimum atomic E-state index is 0.286. The fraction of sp³-hybridized carbons (Fsp3) is 0.294. The van der Waals surface area contributed by atoms with Crippen LogP contribution in [0.2, 0.25) is 0 Å². The largest absolute Gasteiger partial charge is 0.508 e. The summed E-state index contributed by atoms with van der Waals surface area (Å²) in [4.78, 5) is 2.43. The number of phenols is 1. The van der Waals surface area contributed by atoms with Gasteiger partial charge < -0.3 is 10.8 Å². The lowest BCUT2D eigenvalue weighted by Gasteiger charge is -2.36. The highest BCUT2D eigenvalue weighted by atomic mass is 16.3. The molecule has 0 saturated heterocycles. The van der Waals surface area contributed by atoms with Crippen molar-refractivity contribution in [3.05, 3.63) is 65.2 Å². The second-order valence-electron chi connectivity index (χ2n) is 5.34. The van der Waals surface area contributed by atoms with E-state index in [2.05, 4.69) is 29.2 Å². The van der Waals surface area contributed by atoms with Crippen molar-refractivity contribution in [1.82, 2.24) is 4.90 Å². The first-order valence-electron chi connectivity index (χ1n) is 7.08. The van der Waals surface area contributed by atoms with E-state index in [0.717, 1.165) is 19.5 Å². The lowest BCUT2D eigenvalue weighted by atomic mass is 9.92. The van der Waals surface area contributed by atoms with Gasteiger partial charge in [0.15, 0.2) is 0 Å². The topological polar surface area (TPSA) is 49.5 Å². The molecule has 1 heterocycles. The van der Waals surface area contributed by atoms with Crippen molar-refractivity contribution in [2.75, 3.05) is 13.1 Å². The fourth-order valence-corrected chi connectivity index (χ4v) is 3.00. The maximum Gasteiger partial charge on any atom is 0.115 e. The highest BCUT2D eigenvalue weighted by Gasteiger charge is 2.25. The Balaban J connectivity index is 1.82. The van der Waals surface area contributed by atoms with E-state index in [1.165, 1.54) is 16.7 Å². The Labute approximate surface area is 119 Å². The second kappa shape index (κ2) is 5.65. The molecule has 3 heteroatoms. The number of fused-ring (bicyclic) bond motifs is 1. The van der Waals surface area contributed by atoms with E-state index in [1.54, 1.807) is 12.1 Å². The van der Waals surface area contributed by atoms with Crippen molar-refractivity contribution < 1.29 is 5.11 Å². The van der Waals surface area contributed by atoms with Gasteiger partial charge >= 0.3 is 0 Å². The first kappa shape index (κ1) is 13.2. The van der Waals surface area contributed by atoms with Crippen LogP contribution in [0.5, 0.6) is 5.75 Å². The standard InChI is InChI=1S/C17H20N2O/c18-11-17-16-4-2-1-3-14(16)9-10-19(17)12-13-5-7-15(20)8-6-13/h1-8,17,20H,9-12,18H2. The molecule has 1 aliphatic heterocycles. The van der Waals surface area contributed by atoms with Gasteiger partial charge in [0.25, 0.3) is 0 Å². The van der Waals surface area contributed by atoms with E-state index in [9.17, 15) is 5.11 Å². The summed E-state index contributed by atoms with van der Waals surface area (Å²) in [6, 6.07) is 16.3. The lowest BCUT2D eigenvalue weighted by molar-refractivity contribution is 0.181. The molecule has 0 aromatic heterocycles. The number of benzene rings is 2. The van der Waals surface area contributed by atoms with E-state index in [1.807, 2.05) is 12.1 Å². The van der Waals surface area contributed by atoms with Crippen molar-refractivity contribution in [3.63, 3.8) is 0 Å². The van der Waals surface area contributed by atoms with Crippen LogP contribution in [0.25, 0.3) is 0 Å². The SMILES string of the molecule is NCC1c2ccccc2CCN1Cc1ccc(O)cc1. The summed E-state index contributed by atoms with van der Waals surface area (Å²) in [6.45, 7) is 2.53. The van der Waals surface area contributed by atoms with Gasteiger partial charge in [-0.1, -0.05) is 36.4 Å². The van der Waals surface area contributed by atoms with Crippen molar-refractivity contribution in [3.8, 4) is 5.75 Å². The molecule has 0 radical (unpaired) electrons. The third kappa shape index (κ3) is 2.55. The van der Waals surface area contributed by atoms with Gasteiger partial charge in [0.1, 0.15) is 5.75 Å². The van der Waals surface area contributed by atoms with Crippen LogP contribution >= 0.6 is 0 Å². The van der Waals surface area contributed by atoms with Crippen LogP contribution in [0.1, 0.15) is 22.7 Å². The number of hydrogen-bond donors (Lipinski definition) is 2. The van der Waals surface area contributed by atoms with E-state index in [-0.39, 0.29) is 6.04 Å². The molecule has 104 valence electrons. The molecule has 2 aromatic rings. The molecular formula is C17H20N2O. The third-order valence-corrected chi connectivity index (χ3v) is 4.07. The van der Waals surface area contributed by atoms with Crippen molar-refractivity contribution >= 4 is 0 Å². The van der Waals surface area contributed by atoms with E-state index >= 15 is 0 Å². The minimum Gasteiger partial charge on any atom is -0.508 e. The highest BCUT2D eigenvalue weighted by Crippen LogP contribution is 2.30. The molecule has 3 rings (SSSR count). The quantitative estimate of drug-likeness (QED) is 0.899. The van der Waals surface area contributed by atoms with Gasteiger partial charge in [-0.05, 0) is 35.2 Å². The number of nitrogens with two attached hydrogens (primary N) is 1. The van der Waals surface area contributed by atoms with Gasteiger partial charge in [0.05, 0.1) is 0 Å². The first-order valence-corrected chi connectivity index (χ1v) is 7.08. The molecule has 3 N–H and O–H groups in total. The van der Waals surface area contributed by atoms with Crippen LogP contribution in [-0.4, -0.2) is 23.1 Å². The fourth-order valence-electron chi connectivity index (χ4n) is 3.00. The zero-order valence-electron chi connectivity index (χ0n) is 11.5. The molecule has 1 unspecified atom stereocenters. The smallest absolute Gasteiger partial charge is 0.115 e. The monoisotopic (exact) mass is 268 g/mol. The highest BCUT2D eigenvalue weighted by molar-refractivity contribution is 5.33. The predicted molar refractivity (Wildman–Crippen MR) is 80.5 cm³/mol. The number of phenolic OH excluding ortho intramolecular Hbond substituents is 1. The Morgan fingerprint density at radius 2 is 1.85 bits per heavy atom. The van der Waals surface area contributed by atoms with Crippen LogP contribution in [0.15, 0.2) is 48.5 Å². The summed E-state index contributed by atoms with van der Waals surface area (Å²) in [5.74, 6) is 0.313. The first-order chi connectivity index (χ1) is 9.78. The van der Waals surface area contributed by atoms with E-state index < -0.39 is 0 Å². The van der Waals surface area contributed by atoms with Gasteiger partial charge in [-0.15, -0.1) is 0 Å². The Kier molecular flexibility index (Phi) is 3.72. The predicted octanol–water partition coefficient (Wildman–Crippen LogP) is 2.45. The molecule has 0 fully saturated rings. The summed E-state index contributed by atoms with van der Waals surface area (Å²) >= 11 is 0. The molecule has 2 aromatic carbocycles. The normalized spacial score (nSPS) is 18.8.